The van der Waals surface area contributed by atoms with Crippen molar-refractivity contribution in [1.29, 1.82) is 0 Å². The topological polar surface area (TPSA) is 29.5 Å². The van der Waals surface area contributed by atoms with Crippen molar-refractivity contribution in [1.82, 2.24) is 0 Å². The van der Waals surface area contributed by atoms with E-state index in [1.165, 1.54) is 43.2 Å². The molecule has 2 rings (SSSR count). The lowest BCUT2D eigenvalue weighted by atomic mass is 9.82. The highest BCUT2D eigenvalue weighted by molar-refractivity contribution is 5.37. The smallest absolute Gasteiger partial charge is 0.119 e. The van der Waals surface area contributed by atoms with Crippen LogP contribution in [0.1, 0.15) is 63.0 Å². The molecule has 0 heterocycles. The van der Waals surface area contributed by atoms with E-state index in [9.17, 15) is 0 Å². The fraction of sp³-hybridized carbons (Fsp3) is 0.684. The number of fused-ring (bicyclic) bond motifs is 1. The molecule has 0 aliphatic heterocycles. The Labute approximate surface area is 129 Å². The van der Waals surface area contributed by atoms with Crippen molar-refractivity contribution in [3.05, 3.63) is 29.3 Å². The zero-order chi connectivity index (χ0) is 14.9. The fourth-order valence-electron chi connectivity index (χ4n) is 3.22. The zero-order valence-electron chi connectivity index (χ0n) is 13.4. The maximum Gasteiger partial charge on any atom is 0.119 e. The first-order valence-corrected chi connectivity index (χ1v) is 8.69. The minimum atomic E-state index is 0.319. The highest BCUT2D eigenvalue weighted by atomic mass is 16.5. The number of benzene rings is 1. The number of unbranched alkanes of at least 4 members (excludes halogenated alkanes) is 4. The van der Waals surface area contributed by atoms with Gasteiger partial charge in [0.05, 0.1) is 6.61 Å². The van der Waals surface area contributed by atoms with E-state index in [1.54, 1.807) is 0 Å². The molecule has 1 N–H and O–H groups in total. The molecule has 2 nitrogen and oxygen atoms in total. The Morgan fingerprint density at radius 1 is 1.14 bits per heavy atom. The first-order chi connectivity index (χ1) is 10.3. The van der Waals surface area contributed by atoms with Crippen molar-refractivity contribution in [3.63, 3.8) is 0 Å². The maximum atomic E-state index is 9.07. The molecule has 0 spiro atoms. The summed E-state index contributed by atoms with van der Waals surface area (Å²) in [6.45, 7) is 3.41. The Hall–Kier alpha value is -1.02. The van der Waals surface area contributed by atoms with Gasteiger partial charge < -0.3 is 9.84 Å². The van der Waals surface area contributed by atoms with Gasteiger partial charge in [0, 0.05) is 6.61 Å². The van der Waals surface area contributed by atoms with E-state index in [4.69, 9.17) is 9.84 Å². The van der Waals surface area contributed by atoms with Crippen LogP contribution in [0.15, 0.2) is 18.2 Å². The highest BCUT2D eigenvalue weighted by Crippen LogP contribution is 2.30. The molecule has 0 saturated heterocycles. The van der Waals surface area contributed by atoms with Crippen LogP contribution in [0.3, 0.4) is 0 Å². The summed E-state index contributed by atoms with van der Waals surface area (Å²) in [5.74, 6) is 1.69. The van der Waals surface area contributed by atoms with Gasteiger partial charge in [0.15, 0.2) is 0 Å². The van der Waals surface area contributed by atoms with E-state index in [0.29, 0.717) is 12.5 Å². The van der Waals surface area contributed by atoms with Gasteiger partial charge >= 0.3 is 0 Å². The van der Waals surface area contributed by atoms with Gasteiger partial charge in [0.1, 0.15) is 5.75 Å². The summed E-state index contributed by atoms with van der Waals surface area (Å²) in [6.07, 6.45) is 10.8. The molecule has 0 bridgehead atoms. The van der Waals surface area contributed by atoms with Crippen molar-refractivity contribution < 1.29 is 9.84 Å². The van der Waals surface area contributed by atoms with E-state index in [2.05, 4.69) is 25.1 Å². The maximum absolute atomic E-state index is 9.07. The van der Waals surface area contributed by atoms with Crippen LogP contribution >= 0.6 is 0 Å². The third-order valence-corrected chi connectivity index (χ3v) is 4.56. The predicted molar refractivity (Wildman–Crippen MR) is 87.9 cm³/mol. The second kappa shape index (κ2) is 9.09. The molecule has 1 aliphatic carbocycles. The van der Waals surface area contributed by atoms with Crippen LogP contribution in [-0.2, 0) is 12.8 Å². The molecule has 1 aliphatic rings. The average Bonchev–Trinajstić information content (AvgIpc) is 2.51. The third kappa shape index (κ3) is 5.35. The Morgan fingerprint density at radius 2 is 2.00 bits per heavy atom. The largest absolute Gasteiger partial charge is 0.494 e. The molecule has 0 fully saturated rings. The van der Waals surface area contributed by atoms with Crippen LogP contribution in [0.25, 0.3) is 0 Å². The van der Waals surface area contributed by atoms with Crippen LogP contribution in [0.4, 0.5) is 0 Å². The van der Waals surface area contributed by atoms with Crippen LogP contribution in [0, 0.1) is 5.92 Å². The number of rotatable bonds is 9. The fourth-order valence-corrected chi connectivity index (χ4v) is 3.22. The number of hydrogen-bond donors (Lipinski definition) is 1. The Morgan fingerprint density at radius 3 is 2.81 bits per heavy atom. The van der Waals surface area contributed by atoms with Crippen LogP contribution < -0.4 is 4.74 Å². The molecule has 0 radical (unpaired) electrons. The molecule has 0 amide bonds. The molecular weight excluding hydrogens is 260 g/mol. The molecule has 1 aromatic carbocycles. The van der Waals surface area contributed by atoms with Gasteiger partial charge in [0.25, 0.3) is 0 Å². The molecule has 0 saturated carbocycles. The normalized spacial score (nSPS) is 17.5. The lowest BCUT2D eigenvalue weighted by Crippen LogP contribution is -2.15. The number of aliphatic hydroxyl groups is 1. The molecule has 0 aromatic heterocycles. The number of ether oxygens (including phenoxy) is 1. The van der Waals surface area contributed by atoms with Crippen LogP contribution in [-0.4, -0.2) is 18.3 Å². The molecule has 1 unspecified atom stereocenters. The van der Waals surface area contributed by atoms with Crippen molar-refractivity contribution in [2.75, 3.05) is 13.2 Å². The summed E-state index contributed by atoms with van der Waals surface area (Å²) in [7, 11) is 0. The number of hydrogen-bond acceptors (Lipinski definition) is 2. The van der Waals surface area contributed by atoms with Gasteiger partial charge in [-0.2, -0.15) is 0 Å². The SMILES string of the molecule is CCCCCCCOc1ccc2c(c1)CCC(CCO)C2. The first-order valence-electron chi connectivity index (χ1n) is 8.69. The lowest BCUT2D eigenvalue weighted by molar-refractivity contribution is 0.248. The second-order valence-electron chi connectivity index (χ2n) is 6.31. The number of aryl methyl sites for hydroxylation is 1. The summed E-state index contributed by atoms with van der Waals surface area (Å²) in [5.41, 5.74) is 2.91. The molecule has 1 atom stereocenters. The minimum Gasteiger partial charge on any atom is -0.494 e. The van der Waals surface area contributed by atoms with Crippen molar-refractivity contribution in [2.24, 2.45) is 5.92 Å². The van der Waals surface area contributed by atoms with Crippen molar-refractivity contribution in [2.45, 2.75) is 64.7 Å². The number of aliphatic hydroxyl groups excluding tert-OH is 1. The summed E-state index contributed by atoms with van der Waals surface area (Å²) in [6, 6.07) is 6.58. The van der Waals surface area contributed by atoms with Gasteiger partial charge in [-0.15, -0.1) is 0 Å². The Bertz CT molecular complexity index is 414. The molecule has 1 aromatic rings. The monoisotopic (exact) mass is 290 g/mol. The average molecular weight is 290 g/mol. The predicted octanol–water partition coefficient (Wildman–Crippen LogP) is 4.52. The van der Waals surface area contributed by atoms with Gasteiger partial charge in [-0.1, -0.05) is 38.7 Å². The third-order valence-electron chi connectivity index (χ3n) is 4.56. The highest BCUT2D eigenvalue weighted by Gasteiger charge is 2.18. The van der Waals surface area contributed by atoms with Crippen LogP contribution in [0.5, 0.6) is 5.75 Å². The Balaban J connectivity index is 1.76. The van der Waals surface area contributed by atoms with E-state index in [1.807, 2.05) is 0 Å². The molecule has 118 valence electrons. The Kier molecular flexibility index (Phi) is 7.08. The van der Waals surface area contributed by atoms with E-state index >= 15 is 0 Å². The van der Waals surface area contributed by atoms with Crippen molar-refractivity contribution in [3.8, 4) is 5.75 Å². The van der Waals surface area contributed by atoms with Crippen molar-refractivity contribution >= 4 is 0 Å². The van der Waals surface area contributed by atoms with Gasteiger partial charge in [-0.05, 0) is 61.3 Å². The second-order valence-corrected chi connectivity index (χ2v) is 6.31. The van der Waals surface area contributed by atoms with Gasteiger partial charge in [-0.3, -0.25) is 0 Å². The van der Waals surface area contributed by atoms with E-state index in [-0.39, 0.29) is 0 Å². The minimum absolute atomic E-state index is 0.319. The van der Waals surface area contributed by atoms with Gasteiger partial charge in [0.2, 0.25) is 0 Å². The van der Waals surface area contributed by atoms with E-state index < -0.39 is 0 Å². The van der Waals surface area contributed by atoms with Gasteiger partial charge in [-0.25, -0.2) is 0 Å². The summed E-state index contributed by atoms with van der Waals surface area (Å²) in [4.78, 5) is 0. The van der Waals surface area contributed by atoms with E-state index in [0.717, 1.165) is 38.0 Å². The zero-order valence-corrected chi connectivity index (χ0v) is 13.4. The summed E-state index contributed by atoms with van der Waals surface area (Å²) in [5, 5.41) is 9.07. The molecular formula is C19H30O2. The lowest BCUT2D eigenvalue weighted by Gasteiger charge is -2.24. The standard InChI is InChI=1S/C19H30O2/c1-2-3-4-5-6-13-21-19-10-9-17-14-16(11-12-20)7-8-18(17)15-19/h9-10,15-16,20H,2-8,11-14H2,1H3. The first kappa shape index (κ1) is 16.4. The molecule has 21 heavy (non-hydrogen) atoms. The summed E-state index contributed by atoms with van der Waals surface area (Å²) >= 11 is 0. The van der Waals surface area contributed by atoms with Crippen LogP contribution in [0.2, 0.25) is 0 Å². The quantitative estimate of drug-likeness (QED) is 0.677. The summed E-state index contributed by atoms with van der Waals surface area (Å²) < 4.78 is 5.89. The molecule has 2 heteroatoms.